The third kappa shape index (κ3) is 3.52. The molecule has 0 amide bonds. The maximum Gasteiger partial charge on any atom is 0.241 e. The van der Waals surface area contributed by atoms with Crippen LogP contribution in [0, 0.1) is 13.8 Å². The van der Waals surface area contributed by atoms with Crippen LogP contribution in [0.1, 0.15) is 34.5 Å². The molecule has 1 unspecified atom stereocenters. The van der Waals surface area contributed by atoms with Crippen LogP contribution in [0.2, 0.25) is 0 Å². The summed E-state index contributed by atoms with van der Waals surface area (Å²) in [7, 11) is -3.57. The number of aryl methyl sites for hydroxylation is 1. The van der Waals surface area contributed by atoms with Crippen molar-refractivity contribution in [1.82, 2.24) is 4.72 Å². The van der Waals surface area contributed by atoms with Crippen molar-refractivity contribution in [2.24, 2.45) is 5.73 Å². The predicted molar refractivity (Wildman–Crippen MR) is 86.9 cm³/mol. The molecule has 1 heterocycles. The van der Waals surface area contributed by atoms with E-state index in [1.165, 1.54) is 11.3 Å². The topological polar surface area (TPSA) is 72.2 Å². The molecule has 0 radical (unpaired) electrons. The Labute approximate surface area is 130 Å². The second-order valence-corrected chi connectivity index (χ2v) is 7.76. The van der Waals surface area contributed by atoms with Crippen molar-refractivity contribution in [3.63, 3.8) is 0 Å². The lowest BCUT2D eigenvalue weighted by atomic mass is 10.1. The number of rotatable bonds is 5. The van der Waals surface area contributed by atoms with Crippen molar-refractivity contribution < 1.29 is 8.42 Å². The highest BCUT2D eigenvalue weighted by Gasteiger charge is 2.22. The van der Waals surface area contributed by atoms with Crippen LogP contribution in [-0.4, -0.2) is 8.42 Å². The summed E-state index contributed by atoms with van der Waals surface area (Å²) < 4.78 is 28.0. The molecular formula is C15H20N2O2S2. The molecular weight excluding hydrogens is 304 g/mol. The quantitative estimate of drug-likeness (QED) is 0.888. The van der Waals surface area contributed by atoms with E-state index in [9.17, 15) is 8.42 Å². The van der Waals surface area contributed by atoms with Gasteiger partial charge in [-0.15, -0.1) is 11.3 Å². The minimum Gasteiger partial charge on any atom is -0.326 e. The van der Waals surface area contributed by atoms with Crippen LogP contribution in [0.5, 0.6) is 0 Å². The maximum absolute atomic E-state index is 12.6. The molecule has 0 fully saturated rings. The molecule has 6 heteroatoms. The highest BCUT2D eigenvalue weighted by Crippen LogP contribution is 2.24. The average Bonchev–Trinajstić information content (AvgIpc) is 2.95. The van der Waals surface area contributed by atoms with Gasteiger partial charge in [-0.3, -0.25) is 0 Å². The molecule has 0 aliphatic heterocycles. The van der Waals surface area contributed by atoms with Crippen LogP contribution in [0.25, 0.3) is 0 Å². The number of hydrogen-bond donors (Lipinski definition) is 2. The summed E-state index contributed by atoms with van der Waals surface area (Å²) in [5.41, 5.74) is 8.16. The Morgan fingerprint density at radius 3 is 2.62 bits per heavy atom. The van der Waals surface area contributed by atoms with Crippen molar-refractivity contribution in [3.8, 4) is 0 Å². The van der Waals surface area contributed by atoms with Crippen LogP contribution in [-0.2, 0) is 16.6 Å². The van der Waals surface area contributed by atoms with E-state index in [-0.39, 0.29) is 6.04 Å². The second-order valence-electron chi connectivity index (χ2n) is 5.10. The van der Waals surface area contributed by atoms with Crippen LogP contribution >= 0.6 is 11.3 Å². The Kier molecular flexibility index (Phi) is 4.83. The van der Waals surface area contributed by atoms with Crippen molar-refractivity contribution in [2.75, 3.05) is 0 Å². The average molecular weight is 324 g/mol. The zero-order valence-electron chi connectivity index (χ0n) is 12.4. The van der Waals surface area contributed by atoms with Gasteiger partial charge in [0.2, 0.25) is 10.0 Å². The van der Waals surface area contributed by atoms with Crippen molar-refractivity contribution in [1.29, 1.82) is 0 Å². The van der Waals surface area contributed by atoms with E-state index in [4.69, 9.17) is 5.73 Å². The van der Waals surface area contributed by atoms with Crippen LogP contribution in [0.4, 0.5) is 0 Å². The summed E-state index contributed by atoms with van der Waals surface area (Å²) >= 11 is 1.53. The van der Waals surface area contributed by atoms with Crippen molar-refractivity contribution >= 4 is 21.4 Å². The fourth-order valence-corrected chi connectivity index (χ4v) is 4.59. The number of benzene rings is 1. The van der Waals surface area contributed by atoms with Gasteiger partial charge in [0.25, 0.3) is 0 Å². The monoisotopic (exact) mass is 324 g/mol. The van der Waals surface area contributed by atoms with E-state index in [0.717, 1.165) is 21.6 Å². The molecule has 0 aliphatic rings. The summed E-state index contributed by atoms with van der Waals surface area (Å²) in [5, 5.41) is 1.94. The molecule has 0 saturated carbocycles. The molecule has 1 aromatic heterocycles. The first-order valence-corrected chi connectivity index (χ1v) is 9.07. The van der Waals surface area contributed by atoms with Crippen molar-refractivity contribution in [3.05, 3.63) is 51.2 Å². The molecule has 0 saturated heterocycles. The number of nitrogens with one attached hydrogen (secondary N) is 1. The van der Waals surface area contributed by atoms with Gasteiger partial charge in [-0.05, 0) is 55.0 Å². The zero-order chi connectivity index (χ0) is 15.6. The number of thiophene rings is 1. The molecule has 114 valence electrons. The zero-order valence-corrected chi connectivity index (χ0v) is 14.0. The number of nitrogens with two attached hydrogens (primary N) is 1. The first kappa shape index (κ1) is 16.2. The molecule has 2 rings (SSSR count). The van der Waals surface area contributed by atoms with Gasteiger partial charge in [-0.2, -0.15) is 0 Å². The van der Waals surface area contributed by atoms with E-state index in [1.807, 2.05) is 44.4 Å². The molecule has 4 nitrogen and oxygen atoms in total. The molecule has 3 N–H and O–H groups in total. The summed E-state index contributed by atoms with van der Waals surface area (Å²) in [6, 6.07) is 7.17. The van der Waals surface area contributed by atoms with E-state index in [2.05, 4.69) is 4.72 Å². The standard InChI is InChI=1S/C15H20N2O2S2/c1-10-7-13(9-16)8-15(11(10)2)21(18,19)17-12(3)14-5-4-6-20-14/h4-8,12,17H,9,16H2,1-3H3. The Balaban J connectivity index is 2.38. The first-order chi connectivity index (χ1) is 9.85. The summed E-state index contributed by atoms with van der Waals surface area (Å²) in [5.74, 6) is 0. The predicted octanol–water partition coefficient (Wildman–Crippen LogP) is 2.86. The summed E-state index contributed by atoms with van der Waals surface area (Å²) in [6.45, 7) is 5.89. The third-order valence-electron chi connectivity index (χ3n) is 3.51. The minimum absolute atomic E-state index is 0.253. The van der Waals surface area contributed by atoms with Gasteiger partial charge >= 0.3 is 0 Å². The maximum atomic E-state index is 12.6. The Hall–Kier alpha value is -1.21. The normalized spacial score (nSPS) is 13.3. The largest absolute Gasteiger partial charge is 0.326 e. The smallest absolute Gasteiger partial charge is 0.241 e. The Morgan fingerprint density at radius 1 is 1.33 bits per heavy atom. The summed E-state index contributed by atoms with van der Waals surface area (Å²) in [6.07, 6.45) is 0. The molecule has 2 aromatic rings. The van der Waals surface area contributed by atoms with E-state index < -0.39 is 10.0 Å². The van der Waals surface area contributed by atoms with Gasteiger partial charge in [-0.1, -0.05) is 12.1 Å². The van der Waals surface area contributed by atoms with E-state index in [1.54, 1.807) is 6.07 Å². The molecule has 0 bridgehead atoms. The molecule has 0 spiro atoms. The van der Waals surface area contributed by atoms with Gasteiger partial charge in [0, 0.05) is 11.4 Å². The van der Waals surface area contributed by atoms with Crippen LogP contribution < -0.4 is 10.5 Å². The molecule has 1 aromatic carbocycles. The van der Waals surface area contributed by atoms with Gasteiger partial charge in [0.05, 0.1) is 10.9 Å². The number of sulfonamides is 1. The van der Waals surface area contributed by atoms with Gasteiger partial charge < -0.3 is 5.73 Å². The van der Waals surface area contributed by atoms with Crippen molar-refractivity contribution in [2.45, 2.75) is 38.3 Å². The van der Waals surface area contributed by atoms with E-state index >= 15 is 0 Å². The highest BCUT2D eigenvalue weighted by molar-refractivity contribution is 7.89. The van der Waals surface area contributed by atoms with Gasteiger partial charge in [0.15, 0.2) is 0 Å². The Morgan fingerprint density at radius 2 is 2.05 bits per heavy atom. The van der Waals surface area contributed by atoms with Gasteiger partial charge in [0.1, 0.15) is 0 Å². The SMILES string of the molecule is Cc1cc(CN)cc(S(=O)(=O)NC(C)c2cccs2)c1C. The van der Waals surface area contributed by atoms with Crippen LogP contribution in [0.15, 0.2) is 34.5 Å². The number of hydrogen-bond acceptors (Lipinski definition) is 4. The lowest BCUT2D eigenvalue weighted by Gasteiger charge is -2.16. The molecule has 21 heavy (non-hydrogen) atoms. The fraction of sp³-hybridized carbons (Fsp3) is 0.333. The second kappa shape index (κ2) is 6.27. The van der Waals surface area contributed by atoms with E-state index in [0.29, 0.717) is 11.4 Å². The molecule has 1 atom stereocenters. The fourth-order valence-electron chi connectivity index (χ4n) is 2.19. The van der Waals surface area contributed by atoms with Gasteiger partial charge in [-0.25, -0.2) is 13.1 Å². The Bertz CT molecular complexity index is 722. The first-order valence-electron chi connectivity index (χ1n) is 6.71. The highest BCUT2D eigenvalue weighted by atomic mass is 32.2. The molecule has 0 aliphatic carbocycles. The van der Waals surface area contributed by atoms with Crippen LogP contribution in [0.3, 0.4) is 0 Å². The minimum atomic E-state index is -3.57. The lowest BCUT2D eigenvalue weighted by Crippen LogP contribution is -2.27. The lowest BCUT2D eigenvalue weighted by molar-refractivity contribution is 0.567. The third-order valence-corrected chi connectivity index (χ3v) is 6.23. The summed E-state index contributed by atoms with van der Waals surface area (Å²) in [4.78, 5) is 1.30.